The number of hydrogen-bond acceptors (Lipinski definition) is 9. The van der Waals surface area contributed by atoms with Crippen LogP contribution in [0.25, 0.3) is 0 Å². The van der Waals surface area contributed by atoms with E-state index in [1.165, 1.54) is 24.7 Å². The monoisotopic (exact) mass is 630 g/mol. The molecule has 1 heterocycles. The molecule has 0 aliphatic carbocycles. The lowest BCUT2D eigenvalue weighted by atomic mass is 10.1. The summed E-state index contributed by atoms with van der Waals surface area (Å²) in [6.45, 7) is 3.19. The average molecular weight is 631 g/mol. The highest BCUT2D eigenvalue weighted by molar-refractivity contribution is 5.89. The van der Waals surface area contributed by atoms with Gasteiger partial charge < -0.3 is 53.7 Å². The summed E-state index contributed by atoms with van der Waals surface area (Å²) in [4.78, 5) is 48.1. The van der Waals surface area contributed by atoms with E-state index in [1.807, 2.05) is 0 Å². The van der Waals surface area contributed by atoms with Gasteiger partial charge in [0.05, 0.1) is 30.7 Å². The Hall–Kier alpha value is -4.37. The molecule has 1 aromatic carbocycles. The number of nitrogens with two attached hydrogens (primary N) is 3. The van der Waals surface area contributed by atoms with E-state index >= 15 is 0 Å². The Labute approximate surface area is 264 Å². The molecule has 0 aliphatic rings. The number of H-pyrrole nitrogens is 1. The van der Waals surface area contributed by atoms with Crippen molar-refractivity contribution in [3.8, 4) is 11.5 Å². The molecular weight excluding hydrogens is 580 g/mol. The van der Waals surface area contributed by atoms with Crippen molar-refractivity contribution in [1.29, 1.82) is 0 Å². The number of aromatic nitrogens is 2. The second-order valence-corrected chi connectivity index (χ2v) is 10.9. The molecule has 0 spiro atoms. The number of aromatic amines is 1. The number of benzene rings is 1. The zero-order chi connectivity index (χ0) is 32.9. The van der Waals surface area contributed by atoms with E-state index in [4.69, 9.17) is 17.2 Å². The van der Waals surface area contributed by atoms with Crippen LogP contribution in [-0.2, 0) is 20.8 Å². The first kappa shape index (κ1) is 36.8. The third-order valence-corrected chi connectivity index (χ3v) is 7.05. The molecule has 0 unspecified atom stereocenters. The number of aliphatic imine (C=N–C) groups is 1. The van der Waals surface area contributed by atoms with E-state index in [1.54, 1.807) is 0 Å². The number of amides is 3. The highest BCUT2D eigenvalue weighted by Crippen LogP contribution is 2.23. The Morgan fingerprint density at radius 2 is 1.51 bits per heavy atom. The van der Waals surface area contributed by atoms with Crippen molar-refractivity contribution >= 4 is 23.7 Å². The third kappa shape index (κ3) is 15.8. The highest BCUT2D eigenvalue weighted by Gasteiger charge is 2.24. The predicted molar refractivity (Wildman–Crippen MR) is 172 cm³/mol. The van der Waals surface area contributed by atoms with Crippen molar-refractivity contribution in [2.24, 2.45) is 22.2 Å². The van der Waals surface area contributed by atoms with Gasteiger partial charge in [-0.25, -0.2) is 4.98 Å². The van der Waals surface area contributed by atoms with Crippen molar-refractivity contribution in [2.45, 2.75) is 76.3 Å². The lowest BCUT2D eigenvalue weighted by molar-refractivity contribution is -0.129. The van der Waals surface area contributed by atoms with E-state index < -0.39 is 18.0 Å². The number of guanidine groups is 1. The zero-order valence-corrected chi connectivity index (χ0v) is 25.9. The number of unbranched alkanes of at least 4 members (excludes halogenated alkanes) is 6. The number of phenolic OH excluding ortho intramolecular Hbond substituents is 2. The normalized spacial score (nSPS) is 12.2. The van der Waals surface area contributed by atoms with E-state index in [0.717, 1.165) is 70.5 Å². The minimum absolute atomic E-state index is 0.00722. The van der Waals surface area contributed by atoms with Crippen molar-refractivity contribution in [2.75, 3.05) is 32.7 Å². The zero-order valence-electron chi connectivity index (χ0n) is 25.9. The quantitative estimate of drug-likeness (QED) is 0.0451. The number of carbonyl (C=O) groups is 3. The topological polar surface area (TPSA) is 259 Å². The van der Waals surface area contributed by atoms with E-state index in [0.29, 0.717) is 37.3 Å². The molecule has 250 valence electrons. The number of carbonyl (C=O) groups excluding carboxylic acids is 3. The number of hydrogen-bond donors (Lipinski definition) is 10. The lowest BCUT2D eigenvalue weighted by Gasteiger charge is -2.17. The Morgan fingerprint density at radius 1 is 0.889 bits per heavy atom. The Kier molecular flexibility index (Phi) is 17.5. The molecule has 0 radical (unpaired) electrons. The summed E-state index contributed by atoms with van der Waals surface area (Å²) in [6, 6.07) is 2.42. The van der Waals surface area contributed by atoms with Crippen LogP contribution in [0.1, 0.15) is 75.1 Å². The number of phenols is 2. The molecular formula is C30H50N10O5. The fourth-order valence-electron chi connectivity index (χ4n) is 4.50. The van der Waals surface area contributed by atoms with Crippen molar-refractivity contribution in [3.63, 3.8) is 0 Å². The lowest BCUT2D eigenvalue weighted by Crippen LogP contribution is -2.41. The van der Waals surface area contributed by atoms with Crippen LogP contribution in [-0.4, -0.2) is 82.6 Å². The Bertz CT molecular complexity index is 1190. The summed E-state index contributed by atoms with van der Waals surface area (Å²) in [7, 11) is 0. The van der Waals surface area contributed by atoms with Gasteiger partial charge in [-0.05, 0) is 51.3 Å². The maximum absolute atomic E-state index is 12.9. The molecule has 0 fully saturated rings. The number of imidazole rings is 1. The van der Waals surface area contributed by atoms with Gasteiger partial charge in [-0.2, -0.15) is 0 Å². The summed E-state index contributed by atoms with van der Waals surface area (Å²) in [6.07, 6.45) is 11.3. The molecule has 0 saturated carbocycles. The van der Waals surface area contributed by atoms with Gasteiger partial charge in [0, 0.05) is 31.3 Å². The van der Waals surface area contributed by atoms with E-state index in [-0.39, 0.29) is 35.7 Å². The largest absolute Gasteiger partial charge is 0.508 e. The summed E-state index contributed by atoms with van der Waals surface area (Å²) in [5.74, 6) is -1.31. The second kappa shape index (κ2) is 21.4. The maximum Gasteiger partial charge on any atom is 0.248 e. The summed E-state index contributed by atoms with van der Waals surface area (Å²) < 4.78 is 0. The molecule has 2 aromatic rings. The van der Waals surface area contributed by atoms with E-state index in [2.05, 4.69) is 36.2 Å². The first-order chi connectivity index (χ1) is 21.7. The van der Waals surface area contributed by atoms with Gasteiger partial charge in [-0.1, -0.05) is 31.7 Å². The molecule has 2 rings (SSSR count). The molecule has 2 atom stereocenters. The molecule has 0 bridgehead atoms. The highest BCUT2D eigenvalue weighted by atomic mass is 16.3. The summed E-state index contributed by atoms with van der Waals surface area (Å²) >= 11 is 0. The van der Waals surface area contributed by atoms with Gasteiger partial charge in [-0.3, -0.25) is 19.4 Å². The first-order valence-electron chi connectivity index (χ1n) is 15.5. The smallest absolute Gasteiger partial charge is 0.248 e. The van der Waals surface area contributed by atoms with Crippen LogP contribution >= 0.6 is 0 Å². The Morgan fingerprint density at radius 3 is 2.16 bits per heavy atom. The third-order valence-electron chi connectivity index (χ3n) is 7.05. The standard InChI is InChI=1S/C30H50N10O5/c31-23(11-16-38-30(32)33)28(44)36-14-6-4-2-1-3-5-12-34-13-7-8-15-37-29(45)27(24-19-35-20-39-24)40-26(43)17-21-9-10-22(41)18-25(21)42/h9-10,18-20,23,27,34,41-42H,1-8,11-17,31H2,(H,35,39)(H,36,44)(H,37,45)(H,40,43)(H4,32,33,38)/t23-,27+/m1/s1. The fraction of sp³-hybridized carbons (Fsp3) is 0.567. The molecule has 0 aliphatic heterocycles. The van der Waals surface area contributed by atoms with Crippen LogP contribution in [0.15, 0.2) is 35.7 Å². The van der Waals surface area contributed by atoms with Gasteiger partial charge in [0.25, 0.3) is 0 Å². The second-order valence-electron chi connectivity index (χ2n) is 10.9. The van der Waals surface area contributed by atoms with E-state index in [9.17, 15) is 24.6 Å². The molecule has 15 heteroatoms. The van der Waals surface area contributed by atoms with Crippen LogP contribution in [0.5, 0.6) is 11.5 Å². The molecule has 15 nitrogen and oxygen atoms in total. The molecule has 3 amide bonds. The van der Waals surface area contributed by atoms with Gasteiger partial charge in [0.1, 0.15) is 17.5 Å². The number of rotatable bonds is 23. The Balaban J connectivity index is 1.49. The van der Waals surface area contributed by atoms with Gasteiger partial charge in [-0.15, -0.1) is 0 Å². The van der Waals surface area contributed by atoms with Crippen LogP contribution in [0.3, 0.4) is 0 Å². The first-order valence-corrected chi connectivity index (χ1v) is 15.5. The van der Waals surface area contributed by atoms with Gasteiger partial charge >= 0.3 is 0 Å². The van der Waals surface area contributed by atoms with Crippen LogP contribution in [0, 0.1) is 0 Å². The molecule has 0 saturated heterocycles. The molecule has 13 N–H and O–H groups in total. The molecule has 1 aromatic heterocycles. The fourth-order valence-corrected chi connectivity index (χ4v) is 4.50. The maximum atomic E-state index is 12.9. The van der Waals surface area contributed by atoms with Crippen molar-refractivity contribution in [1.82, 2.24) is 31.2 Å². The number of aromatic hydroxyl groups is 2. The minimum Gasteiger partial charge on any atom is -0.508 e. The van der Waals surface area contributed by atoms with Crippen molar-refractivity contribution in [3.05, 3.63) is 42.0 Å². The number of nitrogens with one attached hydrogen (secondary N) is 5. The summed E-state index contributed by atoms with van der Waals surface area (Å²) in [5.41, 5.74) is 17.1. The predicted octanol–water partition coefficient (Wildman–Crippen LogP) is 0.155. The van der Waals surface area contributed by atoms with Crippen LogP contribution < -0.4 is 38.5 Å². The summed E-state index contributed by atoms with van der Waals surface area (Å²) in [5, 5.41) is 31.2. The number of nitrogens with zero attached hydrogens (tertiary/aromatic N) is 2. The van der Waals surface area contributed by atoms with Crippen molar-refractivity contribution < 1.29 is 24.6 Å². The van der Waals surface area contributed by atoms with Gasteiger partial charge in [0.2, 0.25) is 17.7 Å². The average Bonchev–Trinajstić information content (AvgIpc) is 3.53. The molecule has 45 heavy (non-hydrogen) atoms. The van der Waals surface area contributed by atoms with Crippen LogP contribution in [0.4, 0.5) is 0 Å². The van der Waals surface area contributed by atoms with Gasteiger partial charge in [0.15, 0.2) is 5.96 Å². The van der Waals surface area contributed by atoms with Crippen LogP contribution in [0.2, 0.25) is 0 Å². The SMILES string of the molecule is NC(N)=NCC[C@@H](N)C(=O)NCCCCCCCCNCCCCNC(=O)[C@@H](NC(=O)Cc1ccc(O)cc1O)c1cnc[nH]1. The minimum atomic E-state index is -0.956.